The van der Waals surface area contributed by atoms with Crippen molar-refractivity contribution in [2.45, 2.75) is 6.92 Å². The van der Waals surface area contributed by atoms with E-state index in [0.717, 1.165) is 5.39 Å². The van der Waals surface area contributed by atoms with Crippen LogP contribution in [-0.2, 0) is 0 Å². The number of amides is 3. The first-order valence-electron chi connectivity index (χ1n) is 11.7. The van der Waals surface area contributed by atoms with Crippen LogP contribution in [0.25, 0.3) is 10.8 Å². The highest BCUT2D eigenvalue weighted by Gasteiger charge is 2.33. The maximum atomic E-state index is 13.5. The summed E-state index contributed by atoms with van der Waals surface area (Å²) in [6.45, 7) is 2.43. The van der Waals surface area contributed by atoms with Crippen LogP contribution >= 0.6 is 0 Å². The Morgan fingerprint density at radius 3 is 2.06 bits per heavy atom. The maximum Gasteiger partial charge on any atom is 0.261 e. The summed E-state index contributed by atoms with van der Waals surface area (Å²) in [5.41, 5.74) is 1.77. The Balaban J connectivity index is 1.45. The van der Waals surface area contributed by atoms with E-state index in [4.69, 9.17) is 4.74 Å². The highest BCUT2D eigenvalue weighted by atomic mass is 19.1. The fourth-order valence-corrected chi connectivity index (χ4v) is 4.47. The zero-order valence-electron chi connectivity index (χ0n) is 19.6. The van der Waals surface area contributed by atoms with Crippen LogP contribution < -0.4 is 9.64 Å². The van der Waals surface area contributed by atoms with Crippen molar-refractivity contribution in [3.8, 4) is 5.75 Å². The molecule has 0 fully saturated rings. The number of carbonyl (C=O) groups is 3. The first kappa shape index (κ1) is 23.2. The molecule has 0 bridgehead atoms. The molecule has 4 aromatic carbocycles. The zero-order valence-corrected chi connectivity index (χ0v) is 19.6. The molecule has 180 valence electrons. The van der Waals surface area contributed by atoms with Crippen molar-refractivity contribution >= 4 is 34.2 Å². The Morgan fingerprint density at radius 1 is 0.861 bits per heavy atom. The van der Waals surface area contributed by atoms with Gasteiger partial charge in [-0.05, 0) is 73.0 Å². The molecule has 0 aliphatic carbocycles. The molecule has 4 aromatic rings. The first-order chi connectivity index (χ1) is 17.5. The molecule has 6 nitrogen and oxygen atoms in total. The van der Waals surface area contributed by atoms with Gasteiger partial charge in [-0.1, -0.05) is 24.3 Å². The second-order valence-corrected chi connectivity index (χ2v) is 8.36. The first-order valence-corrected chi connectivity index (χ1v) is 11.7. The van der Waals surface area contributed by atoms with Crippen LogP contribution in [0.15, 0.2) is 84.9 Å². The van der Waals surface area contributed by atoms with Gasteiger partial charge in [0.1, 0.15) is 11.6 Å². The summed E-state index contributed by atoms with van der Waals surface area (Å²) >= 11 is 0. The molecular formula is C29H23FN2O4. The fourth-order valence-electron chi connectivity index (χ4n) is 4.47. The number of imide groups is 1. The number of rotatable bonds is 7. The fraction of sp³-hybridized carbons (Fsp3) is 0.138. The summed E-state index contributed by atoms with van der Waals surface area (Å²) in [7, 11) is 0. The highest BCUT2D eigenvalue weighted by molar-refractivity contribution is 6.25. The van der Waals surface area contributed by atoms with Crippen molar-refractivity contribution in [1.29, 1.82) is 0 Å². The Labute approximate surface area is 207 Å². The summed E-state index contributed by atoms with van der Waals surface area (Å²) < 4.78 is 19.0. The van der Waals surface area contributed by atoms with Crippen LogP contribution in [0, 0.1) is 5.82 Å². The Morgan fingerprint density at radius 2 is 1.47 bits per heavy atom. The van der Waals surface area contributed by atoms with Gasteiger partial charge in [0, 0.05) is 40.9 Å². The molecule has 3 amide bonds. The van der Waals surface area contributed by atoms with Gasteiger partial charge in [-0.25, -0.2) is 4.39 Å². The summed E-state index contributed by atoms with van der Waals surface area (Å²) in [5, 5.41) is 1.48. The molecule has 0 saturated carbocycles. The topological polar surface area (TPSA) is 66.9 Å². The van der Waals surface area contributed by atoms with Crippen LogP contribution in [0.2, 0.25) is 0 Å². The van der Waals surface area contributed by atoms with E-state index in [2.05, 4.69) is 0 Å². The van der Waals surface area contributed by atoms with Gasteiger partial charge in [-0.2, -0.15) is 0 Å². The quantitative estimate of drug-likeness (QED) is 0.335. The van der Waals surface area contributed by atoms with Crippen LogP contribution in [0.3, 0.4) is 0 Å². The van der Waals surface area contributed by atoms with Gasteiger partial charge in [0.15, 0.2) is 0 Å². The van der Waals surface area contributed by atoms with Crippen molar-refractivity contribution in [2.75, 3.05) is 24.6 Å². The molecule has 0 spiro atoms. The molecule has 0 radical (unpaired) electrons. The molecule has 0 unspecified atom stereocenters. The minimum absolute atomic E-state index is 0.0114. The SMILES string of the molecule is CCOc1ccc(N(CCN2C(=O)c3cccc4cccc(c34)C2=O)C(=O)c2ccc(F)cc2)cc1. The van der Waals surface area contributed by atoms with E-state index in [-0.39, 0.29) is 24.6 Å². The second kappa shape index (κ2) is 9.62. The Hall–Kier alpha value is -4.52. The van der Waals surface area contributed by atoms with E-state index in [0.29, 0.717) is 34.6 Å². The number of anilines is 1. The minimum Gasteiger partial charge on any atom is -0.494 e. The molecule has 7 heteroatoms. The number of hydrogen-bond donors (Lipinski definition) is 0. The number of carbonyl (C=O) groups excluding carboxylic acids is 3. The van der Waals surface area contributed by atoms with Crippen LogP contribution in [0.1, 0.15) is 38.0 Å². The molecule has 0 N–H and O–H groups in total. The Bertz CT molecular complexity index is 1410. The van der Waals surface area contributed by atoms with Gasteiger partial charge < -0.3 is 9.64 Å². The molecule has 1 heterocycles. The standard InChI is InChI=1S/C29H23FN2O4/c1-2-36-23-15-13-22(14-16-23)31(27(33)20-9-11-21(30)12-10-20)17-18-32-28(34)24-7-3-5-19-6-4-8-25(26(19)24)29(32)35/h3-16H,2,17-18H2,1H3. The van der Waals surface area contributed by atoms with Crippen molar-refractivity contribution < 1.29 is 23.5 Å². The minimum atomic E-state index is -0.448. The summed E-state index contributed by atoms with van der Waals surface area (Å²) in [6, 6.07) is 23.0. The van der Waals surface area contributed by atoms with Gasteiger partial charge in [-0.3, -0.25) is 19.3 Å². The van der Waals surface area contributed by atoms with E-state index in [1.165, 1.54) is 34.1 Å². The van der Waals surface area contributed by atoms with E-state index in [1.54, 1.807) is 48.5 Å². The van der Waals surface area contributed by atoms with Crippen molar-refractivity contribution in [2.24, 2.45) is 0 Å². The lowest BCUT2D eigenvalue weighted by Crippen LogP contribution is -2.46. The van der Waals surface area contributed by atoms with E-state index >= 15 is 0 Å². The largest absolute Gasteiger partial charge is 0.494 e. The lowest BCUT2D eigenvalue weighted by molar-refractivity contribution is 0.0611. The average Bonchev–Trinajstić information content (AvgIpc) is 2.90. The molecule has 1 aliphatic rings. The van der Waals surface area contributed by atoms with Gasteiger partial charge in [0.2, 0.25) is 0 Å². The number of benzene rings is 4. The monoisotopic (exact) mass is 482 g/mol. The molecular weight excluding hydrogens is 459 g/mol. The molecule has 0 aromatic heterocycles. The summed E-state index contributed by atoms with van der Waals surface area (Å²) in [5.74, 6) is -0.966. The smallest absolute Gasteiger partial charge is 0.261 e. The van der Waals surface area contributed by atoms with E-state index < -0.39 is 17.6 Å². The Kier molecular flexibility index (Phi) is 6.21. The predicted molar refractivity (Wildman–Crippen MR) is 135 cm³/mol. The van der Waals surface area contributed by atoms with Crippen molar-refractivity contribution in [3.63, 3.8) is 0 Å². The maximum absolute atomic E-state index is 13.5. The lowest BCUT2D eigenvalue weighted by Gasteiger charge is -2.30. The number of hydrogen-bond acceptors (Lipinski definition) is 4. The third-order valence-electron chi connectivity index (χ3n) is 6.20. The third-order valence-corrected chi connectivity index (χ3v) is 6.20. The van der Waals surface area contributed by atoms with Crippen LogP contribution in [-0.4, -0.2) is 42.3 Å². The third kappa shape index (κ3) is 4.20. The second-order valence-electron chi connectivity index (χ2n) is 8.36. The van der Waals surface area contributed by atoms with Crippen LogP contribution in [0.5, 0.6) is 5.75 Å². The summed E-state index contributed by atoms with van der Waals surface area (Å²) in [4.78, 5) is 42.7. The van der Waals surface area contributed by atoms with Gasteiger partial charge in [-0.15, -0.1) is 0 Å². The zero-order chi connectivity index (χ0) is 25.2. The molecule has 5 rings (SSSR count). The van der Waals surface area contributed by atoms with Crippen LogP contribution in [0.4, 0.5) is 10.1 Å². The average molecular weight is 483 g/mol. The number of nitrogens with zero attached hydrogens (tertiary/aromatic N) is 2. The van der Waals surface area contributed by atoms with E-state index in [9.17, 15) is 18.8 Å². The number of halogens is 1. The van der Waals surface area contributed by atoms with Gasteiger partial charge in [0.05, 0.1) is 6.61 Å². The summed E-state index contributed by atoms with van der Waals surface area (Å²) in [6.07, 6.45) is 0. The molecule has 0 saturated heterocycles. The molecule has 1 aliphatic heterocycles. The highest BCUT2D eigenvalue weighted by Crippen LogP contribution is 2.30. The van der Waals surface area contributed by atoms with E-state index in [1.807, 2.05) is 19.1 Å². The predicted octanol–water partition coefficient (Wildman–Crippen LogP) is 5.32. The number of ether oxygens (including phenoxy) is 1. The van der Waals surface area contributed by atoms with Gasteiger partial charge in [0.25, 0.3) is 17.7 Å². The van der Waals surface area contributed by atoms with Crippen molar-refractivity contribution in [1.82, 2.24) is 4.90 Å². The lowest BCUT2D eigenvalue weighted by atomic mass is 9.94. The molecule has 36 heavy (non-hydrogen) atoms. The molecule has 0 atom stereocenters. The van der Waals surface area contributed by atoms with Gasteiger partial charge >= 0.3 is 0 Å². The normalized spacial score (nSPS) is 12.7. The van der Waals surface area contributed by atoms with Crippen molar-refractivity contribution in [3.05, 3.63) is 107 Å².